The molecule has 0 radical (unpaired) electrons. The second-order valence-corrected chi connectivity index (χ2v) is 9.00. The highest BCUT2D eigenvalue weighted by atomic mass is 32.2. The van der Waals surface area contributed by atoms with Gasteiger partial charge in [-0.05, 0) is 54.8 Å². The van der Waals surface area contributed by atoms with Crippen molar-refractivity contribution in [3.63, 3.8) is 0 Å². The molecule has 2 aromatic carbocycles. The molecule has 9 heteroatoms. The van der Waals surface area contributed by atoms with E-state index in [2.05, 4.69) is 5.32 Å². The van der Waals surface area contributed by atoms with E-state index in [1.54, 1.807) is 26.4 Å². The van der Waals surface area contributed by atoms with E-state index in [0.29, 0.717) is 37.4 Å². The van der Waals surface area contributed by atoms with Gasteiger partial charge in [0.2, 0.25) is 15.9 Å². The number of carbonyl (C=O) groups excluding carboxylic acids is 1. The lowest BCUT2D eigenvalue weighted by atomic mass is 9.98. The average Bonchev–Trinajstić information content (AvgIpc) is 2.77. The standard InChI is InChI=1S/C21H25FN2O5S/c1-28-19-10-5-15(12-20(19)29-2)13-23-21(25)16-4-3-11-24(14-16)30(26,27)18-8-6-17(22)7-9-18/h5-10,12,16H,3-4,11,13-14H2,1-2H3,(H,23,25)/t16-/m0/s1. The van der Waals surface area contributed by atoms with Crippen LogP contribution >= 0.6 is 0 Å². The van der Waals surface area contributed by atoms with Gasteiger partial charge in [0.05, 0.1) is 25.0 Å². The van der Waals surface area contributed by atoms with Crippen LogP contribution in [0.15, 0.2) is 47.4 Å². The molecule has 2 aromatic rings. The molecule has 1 heterocycles. The first-order valence-corrected chi connectivity index (χ1v) is 11.0. The highest BCUT2D eigenvalue weighted by Crippen LogP contribution is 2.28. The molecule has 30 heavy (non-hydrogen) atoms. The summed E-state index contributed by atoms with van der Waals surface area (Å²) < 4.78 is 50.5. The van der Waals surface area contributed by atoms with E-state index < -0.39 is 21.8 Å². The van der Waals surface area contributed by atoms with Gasteiger partial charge in [-0.25, -0.2) is 12.8 Å². The first-order valence-electron chi connectivity index (χ1n) is 9.59. The van der Waals surface area contributed by atoms with Gasteiger partial charge in [0.1, 0.15) is 5.82 Å². The zero-order chi connectivity index (χ0) is 21.7. The lowest BCUT2D eigenvalue weighted by Gasteiger charge is -2.31. The van der Waals surface area contributed by atoms with Crippen LogP contribution in [0.2, 0.25) is 0 Å². The maximum atomic E-state index is 13.1. The van der Waals surface area contributed by atoms with Gasteiger partial charge in [-0.3, -0.25) is 4.79 Å². The molecule has 1 aliphatic rings. The number of hydrogen-bond donors (Lipinski definition) is 1. The van der Waals surface area contributed by atoms with E-state index in [1.165, 1.54) is 16.4 Å². The molecule has 0 aliphatic carbocycles. The van der Waals surface area contributed by atoms with Gasteiger partial charge in [-0.1, -0.05) is 6.07 Å². The van der Waals surface area contributed by atoms with Crippen molar-refractivity contribution in [2.24, 2.45) is 5.92 Å². The van der Waals surface area contributed by atoms with E-state index in [1.807, 2.05) is 6.07 Å². The molecule has 0 spiro atoms. The Hall–Kier alpha value is -2.65. The van der Waals surface area contributed by atoms with Gasteiger partial charge in [0.15, 0.2) is 11.5 Å². The number of rotatable bonds is 7. The number of sulfonamides is 1. The third-order valence-corrected chi connectivity index (χ3v) is 7.00. The Kier molecular flexibility index (Phi) is 6.94. The third-order valence-electron chi connectivity index (χ3n) is 5.12. The van der Waals surface area contributed by atoms with Gasteiger partial charge in [-0.2, -0.15) is 4.31 Å². The molecule has 0 aromatic heterocycles. The quantitative estimate of drug-likeness (QED) is 0.721. The third kappa shape index (κ3) is 4.91. The van der Waals surface area contributed by atoms with Crippen LogP contribution in [0.5, 0.6) is 11.5 Å². The maximum absolute atomic E-state index is 13.1. The summed E-state index contributed by atoms with van der Waals surface area (Å²) in [6, 6.07) is 10.1. The van der Waals surface area contributed by atoms with Gasteiger partial charge < -0.3 is 14.8 Å². The van der Waals surface area contributed by atoms with Crippen LogP contribution in [0.1, 0.15) is 18.4 Å². The Morgan fingerprint density at radius 1 is 1.13 bits per heavy atom. The number of benzene rings is 2. The molecule has 1 atom stereocenters. The molecule has 0 saturated carbocycles. The monoisotopic (exact) mass is 436 g/mol. The topological polar surface area (TPSA) is 84.9 Å². The van der Waals surface area contributed by atoms with Crippen molar-refractivity contribution < 1.29 is 27.1 Å². The van der Waals surface area contributed by atoms with Gasteiger partial charge in [-0.15, -0.1) is 0 Å². The van der Waals surface area contributed by atoms with Crippen LogP contribution in [0.3, 0.4) is 0 Å². The van der Waals surface area contributed by atoms with E-state index in [9.17, 15) is 17.6 Å². The van der Waals surface area contributed by atoms with Crippen LogP contribution in [0.25, 0.3) is 0 Å². The summed E-state index contributed by atoms with van der Waals surface area (Å²) in [5, 5.41) is 2.87. The average molecular weight is 437 g/mol. The molecule has 1 N–H and O–H groups in total. The maximum Gasteiger partial charge on any atom is 0.243 e. The zero-order valence-corrected chi connectivity index (χ0v) is 17.7. The number of piperidine rings is 1. The second kappa shape index (κ2) is 9.44. The van der Waals surface area contributed by atoms with Crippen molar-refractivity contribution in [2.45, 2.75) is 24.3 Å². The molecule has 1 saturated heterocycles. The molecule has 3 rings (SSSR count). The van der Waals surface area contributed by atoms with Gasteiger partial charge in [0, 0.05) is 19.6 Å². The summed E-state index contributed by atoms with van der Waals surface area (Å²) in [7, 11) is -0.683. The molecule has 0 unspecified atom stereocenters. The number of carbonyl (C=O) groups is 1. The van der Waals surface area contributed by atoms with E-state index in [-0.39, 0.29) is 17.3 Å². The SMILES string of the molecule is COc1ccc(CNC(=O)[C@H]2CCCN(S(=O)(=O)c3ccc(F)cc3)C2)cc1OC. The number of halogens is 1. The fourth-order valence-electron chi connectivity index (χ4n) is 3.45. The van der Waals surface area contributed by atoms with Crippen molar-refractivity contribution in [3.8, 4) is 11.5 Å². The first-order chi connectivity index (χ1) is 14.3. The Labute approximate surface area is 175 Å². The van der Waals surface area contributed by atoms with Crippen LogP contribution < -0.4 is 14.8 Å². The van der Waals surface area contributed by atoms with Crippen molar-refractivity contribution in [1.29, 1.82) is 0 Å². The summed E-state index contributed by atoms with van der Waals surface area (Å²) in [4.78, 5) is 12.7. The van der Waals surface area contributed by atoms with Crippen LogP contribution in [-0.4, -0.2) is 45.9 Å². The second-order valence-electron chi connectivity index (χ2n) is 7.06. The minimum absolute atomic E-state index is 0.0234. The Balaban J connectivity index is 1.64. The van der Waals surface area contributed by atoms with E-state index in [4.69, 9.17) is 9.47 Å². The summed E-state index contributed by atoms with van der Waals surface area (Å²) in [5.74, 6) is 0.0119. The molecular formula is C21H25FN2O5S. The van der Waals surface area contributed by atoms with Crippen molar-refractivity contribution in [1.82, 2.24) is 9.62 Å². The van der Waals surface area contributed by atoms with Crippen molar-refractivity contribution in [2.75, 3.05) is 27.3 Å². The summed E-state index contributed by atoms with van der Waals surface area (Å²) in [6.07, 6.45) is 1.18. The fraction of sp³-hybridized carbons (Fsp3) is 0.381. The molecule has 7 nitrogen and oxygen atoms in total. The van der Waals surface area contributed by atoms with Crippen molar-refractivity contribution in [3.05, 3.63) is 53.8 Å². The highest BCUT2D eigenvalue weighted by molar-refractivity contribution is 7.89. The van der Waals surface area contributed by atoms with Crippen molar-refractivity contribution >= 4 is 15.9 Å². The minimum atomic E-state index is -3.77. The molecule has 1 aliphatic heterocycles. The Morgan fingerprint density at radius 2 is 1.83 bits per heavy atom. The van der Waals surface area contributed by atoms with E-state index >= 15 is 0 Å². The molecule has 0 bridgehead atoms. The predicted octanol–water partition coefficient (Wildman–Crippen LogP) is 2.56. The molecule has 162 valence electrons. The molecular weight excluding hydrogens is 411 g/mol. The smallest absolute Gasteiger partial charge is 0.243 e. The number of amides is 1. The number of hydrogen-bond acceptors (Lipinski definition) is 5. The Bertz CT molecular complexity index is 995. The molecule has 1 fully saturated rings. The molecule has 1 amide bonds. The number of ether oxygens (including phenoxy) is 2. The lowest BCUT2D eigenvalue weighted by Crippen LogP contribution is -2.45. The van der Waals surface area contributed by atoms with Gasteiger partial charge in [0.25, 0.3) is 0 Å². The lowest BCUT2D eigenvalue weighted by molar-refractivity contribution is -0.126. The number of nitrogens with one attached hydrogen (secondary N) is 1. The van der Waals surface area contributed by atoms with Crippen LogP contribution in [0.4, 0.5) is 4.39 Å². The van der Waals surface area contributed by atoms with Gasteiger partial charge >= 0.3 is 0 Å². The highest BCUT2D eigenvalue weighted by Gasteiger charge is 2.33. The summed E-state index contributed by atoms with van der Waals surface area (Å²) >= 11 is 0. The fourth-order valence-corrected chi connectivity index (χ4v) is 4.98. The zero-order valence-electron chi connectivity index (χ0n) is 16.9. The minimum Gasteiger partial charge on any atom is -0.493 e. The number of methoxy groups -OCH3 is 2. The first kappa shape index (κ1) is 22.0. The summed E-state index contributed by atoms with van der Waals surface area (Å²) in [5.41, 5.74) is 0.840. The van der Waals surface area contributed by atoms with Crippen LogP contribution in [0, 0.1) is 11.7 Å². The van der Waals surface area contributed by atoms with E-state index in [0.717, 1.165) is 17.7 Å². The largest absolute Gasteiger partial charge is 0.493 e. The summed E-state index contributed by atoms with van der Waals surface area (Å²) in [6.45, 7) is 0.719. The number of nitrogens with zero attached hydrogens (tertiary/aromatic N) is 1. The Morgan fingerprint density at radius 3 is 2.50 bits per heavy atom. The van der Waals surface area contributed by atoms with Crippen LogP contribution in [-0.2, 0) is 21.4 Å². The normalized spacial score (nSPS) is 17.4. The predicted molar refractivity (Wildman–Crippen MR) is 109 cm³/mol.